The van der Waals surface area contributed by atoms with Crippen molar-refractivity contribution in [2.45, 2.75) is 63.5 Å². The molecule has 0 radical (unpaired) electrons. The number of hydrogen-bond donors (Lipinski definition) is 2. The SMILES string of the molecule is CC(C)n1cccc1C(=O)NC[C@H]1C[C@H](c2nc(C3CC3)no2)C[C@H]1O. The lowest BCUT2D eigenvalue weighted by atomic mass is 10.0. The molecule has 7 nitrogen and oxygen atoms in total. The third-order valence-corrected chi connectivity index (χ3v) is 5.50. The van der Waals surface area contributed by atoms with Gasteiger partial charge >= 0.3 is 0 Å². The van der Waals surface area contributed by atoms with Gasteiger partial charge in [-0.05, 0) is 51.7 Å². The summed E-state index contributed by atoms with van der Waals surface area (Å²) in [7, 11) is 0. The third-order valence-electron chi connectivity index (χ3n) is 5.50. The van der Waals surface area contributed by atoms with Gasteiger partial charge in [0.1, 0.15) is 5.69 Å². The zero-order valence-corrected chi connectivity index (χ0v) is 15.3. The maximum Gasteiger partial charge on any atom is 0.267 e. The Bertz CT molecular complexity index is 777. The van der Waals surface area contributed by atoms with Crippen LogP contribution < -0.4 is 5.32 Å². The van der Waals surface area contributed by atoms with E-state index in [1.807, 2.05) is 36.7 Å². The lowest BCUT2D eigenvalue weighted by Crippen LogP contribution is -2.33. The van der Waals surface area contributed by atoms with Gasteiger partial charge in [0.2, 0.25) is 5.89 Å². The number of carbonyl (C=O) groups is 1. The molecule has 2 aliphatic rings. The molecule has 0 aromatic carbocycles. The minimum atomic E-state index is -0.464. The van der Waals surface area contributed by atoms with Gasteiger partial charge in [0, 0.05) is 36.5 Å². The first-order valence-electron chi connectivity index (χ1n) is 9.49. The van der Waals surface area contributed by atoms with Crippen molar-refractivity contribution < 1.29 is 14.4 Å². The number of nitrogens with one attached hydrogen (secondary N) is 1. The van der Waals surface area contributed by atoms with E-state index in [9.17, 15) is 9.90 Å². The summed E-state index contributed by atoms with van der Waals surface area (Å²) in [5.41, 5.74) is 0.648. The fourth-order valence-corrected chi connectivity index (χ4v) is 3.80. The summed E-state index contributed by atoms with van der Waals surface area (Å²) in [6.45, 7) is 4.54. The number of aliphatic hydroxyl groups excluding tert-OH is 1. The van der Waals surface area contributed by atoms with Crippen LogP contribution in [0.5, 0.6) is 0 Å². The fraction of sp³-hybridized carbons (Fsp3) is 0.632. The van der Waals surface area contributed by atoms with Crippen molar-refractivity contribution in [3.63, 3.8) is 0 Å². The topological polar surface area (TPSA) is 93.2 Å². The third kappa shape index (κ3) is 3.40. The van der Waals surface area contributed by atoms with Gasteiger partial charge < -0.3 is 19.5 Å². The summed E-state index contributed by atoms with van der Waals surface area (Å²) in [6, 6.07) is 3.93. The van der Waals surface area contributed by atoms with Crippen LogP contribution in [0.25, 0.3) is 0 Å². The molecule has 2 fully saturated rings. The van der Waals surface area contributed by atoms with Crippen LogP contribution in [0.3, 0.4) is 0 Å². The van der Waals surface area contributed by atoms with Crippen LogP contribution >= 0.6 is 0 Å². The summed E-state index contributed by atoms with van der Waals surface area (Å²) in [6.07, 6.45) is 5.08. The average Bonchev–Trinajstić information content (AvgIpc) is 3.03. The van der Waals surface area contributed by atoms with Gasteiger partial charge in [0.25, 0.3) is 5.91 Å². The number of amides is 1. The van der Waals surface area contributed by atoms with Crippen molar-refractivity contribution in [3.05, 3.63) is 35.7 Å². The van der Waals surface area contributed by atoms with Crippen molar-refractivity contribution in [1.29, 1.82) is 0 Å². The first kappa shape index (κ1) is 17.3. The molecular formula is C19H26N4O3. The average molecular weight is 358 g/mol. The van der Waals surface area contributed by atoms with Crippen molar-refractivity contribution in [1.82, 2.24) is 20.0 Å². The fourth-order valence-electron chi connectivity index (χ4n) is 3.80. The van der Waals surface area contributed by atoms with Crippen LogP contribution in [0.2, 0.25) is 0 Å². The van der Waals surface area contributed by atoms with E-state index in [1.165, 1.54) is 0 Å². The maximum atomic E-state index is 12.5. The predicted molar refractivity (Wildman–Crippen MR) is 94.9 cm³/mol. The van der Waals surface area contributed by atoms with E-state index in [0.717, 1.165) is 25.1 Å². The molecule has 0 saturated heterocycles. The molecule has 3 atom stereocenters. The lowest BCUT2D eigenvalue weighted by Gasteiger charge is -2.17. The molecule has 2 aliphatic carbocycles. The first-order chi connectivity index (χ1) is 12.5. The maximum absolute atomic E-state index is 12.5. The number of nitrogens with zero attached hydrogens (tertiary/aromatic N) is 3. The molecule has 1 amide bonds. The highest BCUT2D eigenvalue weighted by atomic mass is 16.5. The lowest BCUT2D eigenvalue weighted by molar-refractivity contribution is 0.0906. The zero-order valence-electron chi connectivity index (χ0n) is 15.3. The van der Waals surface area contributed by atoms with Gasteiger partial charge in [-0.25, -0.2) is 0 Å². The summed E-state index contributed by atoms with van der Waals surface area (Å²) < 4.78 is 7.36. The Labute approximate surface area is 152 Å². The second-order valence-electron chi connectivity index (χ2n) is 7.87. The van der Waals surface area contributed by atoms with E-state index in [-0.39, 0.29) is 23.8 Å². The molecule has 0 spiro atoms. The second-order valence-corrected chi connectivity index (χ2v) is 7.87. The van der Waals surface area contributed by atoms with Gasteiger partial charge in [-0.1, -0.05) is 5.16 Å². The highest BCUT2D eigenvalue weighted by Gasteiger charge is 2.38. The number of aromatic nitrogens is 3. The largest absolute Gasteiger partial charge is 0.393 e. The molecule has 0 bridgehead atoms. The Morgan fingerprint density at radius 1 is 1.38 bits per heavy atom. The Morgan fingerprint density at radius 3 is 2.92 bits per heavy atom. The Balaban J connectivity index is 1.34. The van der Waals surface area contributed by atoms with Crippen LogP contribution in [-0.2, 0) is 0 Å². The number of hydrogen-bond acceptors (Lipinski definition) is 5. The molecule has 2 N–H and O–H groups in total. The first-order valence-corrected chi connectivity index (χ1v) is 9.49. The molecule has 2 heterocycles. The minimum Gasteiger partial charge on any atom is -0.393 e. The van der Waals surface area contributed by atoms with E-state index in [0.29, 0.717) is 30.5 Å². The van der Waals surface area contributed by atoms with Crippen LogP contribution in [0.15, 0.2) is 22.9 Å². The van der Waals surface area contributed by atoms with Gasteiger partial charge in [-0.2, -0.15) is 4.98 Å². The van der Waals surface area contributed by atoms with E-state index < -0.39 is 6.10 Å². The van der Waals surface area contributed by atoms with Crippen molar-refractivity contribution >= 4 is 5.91 Å². The van der Waals surface area contributed by atoms with Crippen molar-refractivity contribution in [2.75, 3.05) is 6.54 Å². The standard InChI is InChI=1S/C19H26N4O3/c1-11(2)23-7-3-4-15(23)18(25)20-10-14-8-13(9-16(14)24)19-21-17(22-26-19)12-5-6-12/h3-4,7,11-14,16,24H,5-6,8-10H2,1-2H3,(H,20,25)/t13-,14+,16+/m0/s1. The van der Waals surface area contributed by atoms with E-state index in [2.05, 4.69) is 15.5 Å². The molecule has 2 aromatic rings. The quantitative estimate of drug-likeness (QED) is 0.828. The monoisotopic (exact) mass is 358 g/mol. The molecule has 2 saturated carbocycles. The summed E-state index contributed by atoms with van der Waals surface area (Å²) in [5, 5.41) is 17.4. The van der Waals surface area contributed by atoms with Gasteiger partial charge in [0.05, 0.1) is 6.10 Å². The second kappa shape index (κ2) is 6.87. The molecular weight excluding hydrogens is 332 g/mol. The van der Waals surface area contributed by atoms with Crippen LogP contribution in [-0.4, -0.2) is 38.4 Å². The van der Waals surface area contributed by atoms with E-state index in [4.69, 9.17) is 4.52 Å². The van der Waals surface area contributed by atoms with Crippen LogP contribution in [0.4, 0.5) is 0 Å². The molecule has 7 heteroatoms. The summed E-state index contributed by atoms with van der Waals surface area (Å²) in [4.78, 5) is 17.0. The van der Waals surface area contributed by atoms with Crippen LogP contribution in [0, 0.1) is 5.92 Å². The number of aliphatic hydroxyl groups is 1. The Kier molecular flexibility index (Phi) is 4.56. The van der Waals surface area contributed by atoms with Gasteiger partial charge in [0.15, 0.2) is 5.82 Å². The van der Waals surface area contributed by atoms with Gasteiger partial charge in [-0.15, -0.1) is 0 Å². The molecule has 140 valence electrons. The molecule has 26 heavy (non-hydrogen) atoms. The van der Waals surface area contributed by atoms with E-state index >= 15 is 0 Å². The van der Waals surface area contributed by atoms with Crippen molar-refractivity contribution in [2.24, 2.45) is 5.92 Å². The van der Waals surface area contributed by atoms with Crippen molar-refractivity contribution in [3.8, 4) is 0 Å². The number of carbonyl (C=O) groups excluding carboxylic acids is 1. The Morgan fingerprint density at radius 2 is 2.19 bits per heavy atom. The molecule has 2 aromatic heterocycles. The minimum absolute atomic E-state index is 0.00249. The van der Waals surface area contributed by atoms with E-state index in [1.54, 1.807) is 0 Å². The highest BCUT2D eigenvalue weighted by Crippen LogP contribution is 2.41. The highest BCUT2D eigenvalue weighted by molar-refractivity contribution is 5.92. The smallest absolute Gasteiger partial charge is 0.267 e. The molecule has 0 unspecified atom stereocenters. The summed E-state index contributed by atoms with van der Waals surface area (Å²) in [5.74, 6) is 1.88. The van der Waals surface area contributed by atoms with Crippen LogP contribution in [0.1, 0.15) is 79.6 Å². The number of rotatable bonds is 6. The zero-order chi connectivity index (χ0) is 18.3. The Hall–Kier alpha value is -2.15. The summed E-state index contributed by atoms with van der Waals surface area (Å²) >= 11 is 0. The molecule has 4 rings (SSSR count). The van der Waals surface area contributed by atoms with Gasteiger partial charge in [-0.3, -0.25) is 4.79 Å². The predicted octanol–water partition coefficient (Wildman–Crippen LogP) is 2.61. The molecule has 0 aliphatic heterocycles. The normalized spacial score (nSPS) is 25.8.